The molecule has 1 atom stereocenters. The number of carbonyl (C=O) groups is 1. The van der Waals surface area contributed by atoms with E-state index in [0.717, 1.165) is 16.8 Å². The number of aromatic nitrogens is 1. The third kappa shape index (κ3) is 3.56. The van der Waals surface area contributed by atoms with Gasteiger partial charge in [0, 0.05) is 5.56 Å². The van der Waals surface area contributed by atoms with Gasteiger partial charge in [-0.25, -0.2) is 4.98 Å². The number of fused-ring (bicyclic) bond motifs is 1. The van der Waals surface area contributed by atoms with Crippen molar-refractivity contribution in [2.45, 2.75) is 32.9 Å². The summed E-state index contributed by atoms with van der Waals surface area (Å²) < 4.78 is 10.9. The van der Waals surface area contributed by atoms with Crippen LogP contribution in [0.3, 0.4) is 0 Å². The van der Waals surface area contributed by atoms with Gasteiger partial charge in [0.1, 0.15) is 11.3 Å². The average Bonchev–Trinajstić information content (AvgIpc) is 3.02. The Kier molecular flexibility index (Phi) is 4.51. The molecule has 0 saturated carbocycles. The van der Waals surface area contributed by atoms with Crippen LogP contribution < -0.4 is 10.1 Å². The number of carbonyl (C=O) groups excluding carboxylic acids is 1. The van der Waals surface area contributed by atoms with Gasteiger partial charge < -0.3 is 14.5 Å². The standard InChI is InChI=1S/C19H20N2O3/c1-12(2)24-16-6-4-5-14(9-16)13(3)21-19(22)15-7-8-17-18(10-15)23-11-20-17/h4-13H,1-3H3,(H,21,22)/t13-/m1/s1. The molecule has 5 heteroatoms. The number of hydrogen-bond donors (Lipinski definition) is 1. The third-order valence-electron chi connectivity index (χ3n) is 3.67. The fourth-order valence-corrected chi connectivity index (χ4v) is 2.49. The van der Waals surface area contributed by atoms with Crippen molar-refractivity contribution in [3.05, 3.63) is 60.0 Å². The van der Waals surface area contributed by atoms with Crippen molar-refractivity contribution >= 4 is 17.0 Å². The molecular formula is C19H20N2O3. The molecule has 1 heterocycles. The molecule has 124 valence electrons. The molecule has 2 aromatic carbocycles. The summed E-state index contributed by atoms with van der Waals surface area (Å²) in [5.74, 6) is 0.641. The summed E-state index contributed by atoms with van der Waals surface area (Å²) in [5, 5.41) is 2.99. The Hall–Kier alpha value is -2.82. The van der Waals surface area contributed by atoms with Crippen LogP contribution in [0.2, 0.25) is 0 Å². The lowest BCUT2D eigenvalue weighted by Crippen LogP contribution is -2.26. The molecule has 0 saturated heterocycles. The first kappa shape index (κ1) is 16.1. The minimum atomic E-state index is -0.156. The summed E-state index contributed by atoms with van der Waals surface area (Å²) in [5.41, 5.74) is 2.86. The monoisotopic (exact) mass is 324 g/mol. The van der Waals surface area contributed by atoms with Crippen LogP contribution in [-0.2, 0) is 0 Å². The van der Waals surface area contributed by atoms with Crippen LogP contribution in [0.25, 0.3) is 11.1 Å². The second kappa shape index (κ2) is 6.74. The number of benzene rings is 2. The van der Waals surface area contributed by atoms with E-state index in [2.05, 4.69) is 10.3 Å². The Balaban J connectivity index is 1.73. The number of rotatable bonds is 5. The predicted octanol–water partition coefficient (Wildman–Crippen LogP) is 4.11. The Labute approximate surface area is 140 Å². The minimum Gasteiger partial charge on any atom is -0.491 e. The van der Waals surface area contributed by atoms with Crippen LogP contribution in [0.5, 0.6) is 5.75 Å². The van der Waals surface area contributed by atoms with Gasteiger partial charge in [0.25, 0.3) is 5.91 Å². The van der Waals surface area contributed by atoms with Gasteiger partial charge in [-0.3, -0.25) is 4.79 Å². The van der Waals surface area contributed by atoms with Gasteiger partial charge in [-0.05, 0) is 56.7 Å². The van der Waals surface area contributed by atoms with E-state index < -0.39 is 0 Å². The van der Waals surface area contributed by atoms with E-state index in [4.69, 9.17) is 9.15 Å². The van der Waals surface area contributed by atoms with Crippen molar-refractivity contribution < 1.29 is 13.9 Å². The Morgan fingerprint density at radius 3 is 2.79 bits per heavy atom. The average molecular weight is 324 g/mol. The zero-order valence-corrected chi connectivity index (χ0v) is 13.9. The normalized spacial score (nSPS) is 12.3. The highest BCUT2D eigenvalue weighted by molar-refractivity contribution is 5.97. The Morgan fingerprint density at radius 2 is 2.00 bits per heavy atom. The molecule has 0 aliphatic rings. The third-order valence-corrected chi connectivity index (χ3v) is 3.67. The van der Waals surface area contributed by atoms with Gasteiger partial charge in [0.15, 0.2) is 12.0 Å². The minimum absolute atomic E-state index is 0.110. The maximum Gasteiger partial charge on any atom is 0.251 e. The van der Waals surface area contributed by atoms with Gasteiger partial charge in [-0.1, -0.05) is 12.1 Å². The molecule has 1 amide bonds. The molecule has 0 radical (unpaired) electrons. The fourth-order valence-electron chi connectivity index (χ4n) is 2.49. The number of hydrogen-bond acceptors (Lipinski definition) is 4. The van der Waals surface area contributed by atoms with Crippen molar-refractivity contribution in [2.24, 2.45) is 0 Å². The first-order valence-electron chi connectivity index (χ1n) is 7.93. The molecule has 3 aromatic rings. The van der Waals surface area contributed by atoms with E-state index in [1.54, 1.807) is 18.2 Å². The van der Waals surface area contributed by atoms with Gasteiger partial charge >= 0.3 is 0 Å². The highest BCUT2D eigenvalue weighted by Crippen LogP contribution is 2.21. The van der Waals surface area contributed by atoms with Crippen LogP contribution in [0.1, 0.15) is 42.7 Å². The lowest BCUT2D eigenvalue weighted by Gasteiger charge is -2.16. The second-order valence-electron chi connectivity index (χ2n) is 5.97. The van der Waals surface area contributed by atoms with Gasteiger partial charge in [0.2, 0.25) is 0 Å². The van der Waals surface area contributed by atoms with Crippen molar-refractivity contribution in [1.29, 1.82) is 0 Å². The summed E-state index contributed by atoms with van der Waals surface area (Å²) in [6.45, 7) is 5.91. The van der Waals surface area contributed by atoms with Crippen molar-refractivity contribution in [1.82, 2.24) is 10.3 Å². The highest BCUT2D eigenvalue weighted by atomic mass is 16.5. The van der Waals surface area contributed by atoms with Crippen LogP contribution in [0.15, 0.2) is 53.3 Å². The number of oxazole rings is 1. The zero-order valence-electron chi connectivity index (χ0n) is 13.9. The Morgan fingerprint density at radius 1 is 1.17 bits per heavy atom. The smallest absolute Gasteiger partial charge is 0.251 e. The molecule has 0 aliphatic carbocycles. The molecule has 0 spiro atoms. The predicted molar refractivity (Wildman–Crippen MR) is 92.1 cm³/mol. The van der Waals surface area contributed by atoms with Gasteiger partial charge in [-0.15, -0.1) is 0 Å². The SMILES string of the molecule is CC(C)Oc1cccc([C@@H](C)NC(=O)c2ccc3ncoc3c2)c1. The first-order valence-corrected chi connectivity index (χ1v) is 7.93. The van der Waals surface area contributed by atoms with E-state index >= 15 is 0 Å². The van der Waals surface area contributed by atoms with Crippen LogP contribution in [0, 0.1) is 0 Å². The number of ether oxygens (including phenoxy) is 1. The van der Waals surface area contributed by atoms with E-state index in [9.17, 15) is 4.79 Å². The first-order chi connectivity index (χ1) is 11.5. The molecule has 1 N–H and O–H groups in total. The zero-order chi connectivity index (χ0) is 17.1. The Bertz CT molecular complexity index is 854. The molecule has 3 rings (SSSR count). The highest BCUT2D eigenvalue weighted by Gasteiger charge is 2.13. The second-order valence-corrected chi connectivity index (χ2v) is 5.97. The van der Waals surface area contributed by atoms with Crippen molar-refractivity contribution in [3.8, 4) is 5.75 Å². The molecule has 1 aromatic heterocycles. The largest absolute Gasteiger partial charge is 0.491 e. The van der Waals surface area contributed by atoms with Crippen LogP contribution >= 0.6 is 0 Å². The van der Waals surface area contributed by atoms with E-state index in [-0.39, 0.29) is 18.1 Å². The molecule has 24 heavy (non-hydrogen) atoms. The fraction of sp³-hybridized carbons (Fsp3) is 0.263. The molecule has 0 bridgehead atoms. The maximum atomic E-state index is 12.5. The molecule has 0 fully saturated rings. The maximum absolute atomic E-state index is 12.5. The molecule has 0 unspecified atom stereocenters. The lowest BCUT2D eigenvalue weighted by molar-refractivity contribution is 0.0939. The van der Waals surface area contributed by atoms with Crippen LogP contribution in [-0.4, -0.2) is 17.0 Å². The van der Waals surface area contributed by atoms with Gasteiger partial charge in [-0.2, -0.15) is 0 Å². The quantitative estimate of drug-likeness (QED) is 0.767. The van der Waals surface area contributed by atoms with E-state index in [1.807, 2.05) is 45.0 Å². The lowest BCUT2D eigenvalue weighted by atomic mass is 10.1. The molecule has 5 nitrogen and oxygen atoms in total. The van der Waals surface area contributed by atoms with Crippen molar-refractivity contribution in [3.63, 3.8) is 0 Å². The summed E-state index contributed by atoms with van der Waals surface area (Å²) >= 11 is 0. The topological polar surface area (TPSA) is 64.4 Å². The summed E-state index contributed by atoms with van der Waals surface area (Å²) in [4.78, 5) is 16.5. The van der Waals surface area contributed by atoms with E-state index in [0.29, 0.717) is 11.1 Å². The number of nitrogens with one attached hydrogen (secondary N) is 1. The molecular weight excluding hydrogens is 304 g/mol. The summed E-state index contributed by atoms with van der Waals surface area (Å²) in [6.07, 6.45) is 1.48. The van der Waals surface area contributed by atoms with E-state index in [1.165, 1.54) is 6.39 Å². The van der Waals surface area contributed by atoms with Crippen LogP contribution in [0.4, 0.5) is 0 Å². The van der Waals surface area contributed by atoms with Gasteiger partial charge in [0.05, 0.1) is 12.1 Å². The summed E-state index contributed by atoms with van der Waals surface area (Å²) in [6, 6.07) is 12.8. The summed E-state index contributed by atoms with van der Waals surface area (Å²) in [7, 11) is 0. The number of amides is 1. The molecule has 0 aliphatic heterocycles. The van der Waals surface area contributed by atoms with Crippen molar-refractivity contribution in [2.75, 3.05) is 0 Å². The number of nitrogens with zero attached hydrogens (tertiary/aromatic N) is 1.